The van der Waals surface area contributed by atoms with E-state index in [0.717, 1.165) is 68.5 Å². The molecule has 1 saturated heterocycles. The van der Waals surface area contributed by atoms with Crippen LogP contribution in [0.1, 0.15) is 19.4 Å². The molecule has 0 saturated carbocycles. The maximum atomic E-state index is 13.7. The standard InChI is InChI=1S/C38H34N6O2/c1-5-35(45)43-18-16-42(17-19-43)33-22-27(20-26-8-6-7-9-30(26)33)25-10-15-32-31(21-25)36-34(23-40-32)41(4)37(46)44(36)29-13-11-28(12-14-29)38(2,3)24-39/h5-15,20-23H,1,16-19H2,2-4H3. The molecule has 0 aliphatic carbocycles. The molecule has 7 rings (SSSR count). The van der Waals surface area contributed by atoms with Gasteiger partial charge < -0.3 is 9.80 Å². The normalized spacial score (nSPS) is 13.8. The highest BCUT2D eigenvalue weighted by Crippen LogP contribution is 2.36. The number of hydrogen-bond acceptors (Lipinski definition) is 5. The zero-order chi connectivity index (χ0) is 32.2. The van der Waals surface area contributed by atoms with Gasteiger partial charge in [-0.25, -0.2) is 4.79 Å². The van der Waals surface area contributed by atoms with Crippen LogP contribution in [0, 0.1) is 11.3 Å². The maximum absolute atomic E-state index is 13.7. The number of aryl methyl sites for hydroxylation is 1. The first-order valence-electron chi connectivity index (χ1n) is 15.4. The molecular formula is C38H34N6O2. The number of imidazole rings is 1. The number of pyridine rings is 1. The summed E-state index contributed by atoms with van der Waals surface area (Å²) in [5.41, 5.74) is 6.35. The van der Waals surface area contributed by atoms with Crippen LogP contribution in [-0.4, -0.2) is 51.1 Å². The van der Waals surface area contributed by atoms with E-state index in [9.17, 15) is 14.9 Å². The molecule has 0 N–H and O–H groups in total. The first-order chi connectivity index (χ1) is 22.2. The van der Waals surface area contributed by atoms with Crippen molar-refractivity contribution in [1.82, 2.24) is 19.0 Å². The van der Waals surface area contributed by atoms with Crippen LogP contribution in [0.15, 0.2) is 103 Å². The van der Waals surface area contributed by atoms with Crippen LogP contribution >= 0.6 is 0 Å². The van der Waals surface area contributed by atoms with Crippen molar-refractivity contribution < 1.29 is 4.79 Å². The van der Waals surface area contributed by atoms with Crippen molar-refractivity contribution in [2.75, 3.05) is 31.1 Å². The van der Waals surface area contributed by atoms with Crippen LogP contribution in [0.5, 0.6) is 0 Å². The minimum absolute atomic E-state index is 0.0318. The number of nitrogens with zero attached hydrogens (tertiary/aromatic N) is 6. The first-order valence-corrected chi connectivity index (χ1v) is 15.4. The Balaban J connectivity index is 1.37. The summed E-state index contributed by atoms with van der Waals surface area (Å²) in [6, 6.07) is 29.1. The number of anilines is 1. The van der Waals surface area contributed by atoms with E-state index in [1.54, 1.807) is 22.4 Å². The van der Waals surface area contributed by atoms with Crippen LogP contribution in [0.25, 0.3) is 49.5 Å². The van der Waals surface area contributed by atoms with Crippen LogP contribution in [0.3, 0.4) is 0 Å². The van der Waals surface area contributed by atoms with Gasteiger partial charge in [0.2, 0.25) is 5.91 Å². The van der Waals surface area contributed by atoms with Crippen LogP contribution in [-0.2, 0) is 17.3 Å². The van der Waals surface area contributed by atoms with Gasteiger partial charge >= 0.3 is 5.69 Å². The molecule has 228 valence electrons. The van der Waals surface area contributed by atoms with Gasteiger partial charge in [0.1, 0.15) is 0 Å². The molecule has 1 aliphatic rings. The van der Waals surface area contributed by atoms with Gasteiger partial charge in [0.15, 0.2) is 0 Å². The van der Waals surface area contributed by atoms with Gasteiger partial charge in [0, 0.05) is 49.7 Å². The number of carbonyl (C=O) groups excluding carboxylic acids is 1. The second-order valence-electron chi connectivity index (χ2n) is 12.4. The fraction of sp³-hybridized carbons (Fsp3) is 0.211. The highest BCUT2D eigenvalue weighted by atomic mass is 16.2. The van der Waals surface area contributed by atoms with E-state index < -0.39 is 5.41 Å². The van der Waals surface area contributed by atoms with Crippen molar-refractivity contribution in [2.45, 2.75) is 19.3 Å². The van der Waals surface area contributed by atoms with E-state index in [-0.39, 0.29) is 11.6 Å². The molecule has 0 radical (unpaired) electrons. The third-order valence-corrected chi connectivity index (χ3v) is 9.29. The lowest BCUT2D eigenvalue weighted by Gasteiger charge is -2.36. The lowest BCUT2D eigenvalue weighted by atomic mass is 9.86. The van der Waals surface area contributed by atoms with Crippen LogP contribution < -0.4 is 10.6 Å². The summed E-state index contributed by atoms with van der Waals surface area (Å²) in [5, 5.41) is 12.8. The van der Waals surface area contributed by atoms with E-state index in [1.807, 2.05) is 49.1 Å². The predicted octanol–water partition coefficient (Wildman–Crippen LogP) is 6.33. The molecule has 6 aromatic rings. The SMILES string of the molecule is C=CC(=O)N1CCN(c2cc(-c3ccc4ncc5c(c4c3)n(-c3ccc(C(C)(C)C#N)cc3)c(=O)n5C)cc3ccccc23)CC1. The Kier molecular flexibility index (Phi) is 6.97. The third kappa shape index (κ3) is 4.72. The van der Waals surface area contributed by atoms with Gasteiger partial charge in [-0.1, -0.05) is 49.0 Å². The molecule has 46 heavy (non-hydrogen) atoms. The third-order valence-electron chi connectivity index (χ3n) is 9.29. The quantitative estimate of drug-likeness (QED) is 0.214. The molecule has 0 unspecified atom stereocenters. The number of nitriles is 1. The average molecular weight is 607 g/mol. The lowest BCUT2D eigenvalue weighted by Crippen LogP contribution is -2.48. The molecule has 4 aromatic carbocycles. The van der Waals surface area contributed by atoms with Gasteiger partial charge in [0.05, 0.1) is 39.9 Å². The zero-order valence-corrected chi connectivity index (χ0v) is 26.2. The van der Waals surface area contributed by atoms with E-state index in [1.165, 1.54) is 11.5 Å². The van der Waals surface area contributed by atoms with E-state index in [2.05, 4.69) is 66.1 Å². The summed E-state index contributed by atoms with van der Waals surface area (Å²) in [5.74, 6) is -0.0318. The summed E-state index contributed by atoms with van der Waals surface area (Å²) in [6.45, 7) is 10.2. The van der Waals surface area contributed by atoms with Crippen molar-refractivity contribution in [3.8, 4) is 22.9 Å². The molecule has 0 bridgehead atoms. The number of aromatic nitrogens is 3. The van der Waals surface area contributed by atoms with Crippen molar-refractivity contribution in [3.63, 3.8) is 0 Å². The second-order valence-corrected chi connectivity index (χ2v) is 12.4. The van der Waals surface area contributed by atoms with Crippen LogP contribution in [0.4, 0.5) is 5.69 Å². The number of amides is 1. The monoisotopic (exact) mass is 606 g/mol. The number of hydrogen-bond donors (Lipinski definition) is 0. The van der Waals surface area contributed by atoms with Crippen molar-refractivity contribution in [3.05, 3.63) is 114 Å². The number of carbonyl (C=O) groups is 1. The molecule has 1 fully saturated rings. The average Bonchev–Trinajstić information content (AvgIpc) is 3.36. The number of piperazine rings is 1. The van der Waals surface area contributed by atoms with E-state index >= 15 is 0 Å². The first kappa shape index (κ1) is 29.1. The fourth-order valence-electron chi connectivity index (χ4n) is 6.52. The molecule has 8 heteroatoms. The van der Waals surface area contributed by atoms with Crippen molar-refractivity contribution in [2.24, 2.45) is 7.05 Å². The fourth-order valence-corrected chi connectivity index (χ4v) is 6.52. The smallest absolute Gasteiger partial charge is 0.333 e. The van der Waals surface area contributed by atoms with Crippen LogP contribution in [0.2, 0.25) is 0 Å². The Morgan fingerprint density at radius 2 is 1.67 bits per heavy atom. The molecule has 8 nitrogen and oxygen atoms in total. The number of fused-ring (bicyclic) bond motifs is 4. The second kappa shape index (κ2) is 11.0. The van der Waals surface area contributed by atoms with Gasteiger partial charge in [-0.05, 0) is 78.4 Å². The molecule has 0 spiro atoms. The van der Waals surface area contributed by atoms with Crippen molar-refractivity contribution in [1.29, 1.82) is 5.26 Å². The Labute approximate surface area is 267 Å². The van der Waals surface area contributed by atoms with Gasteiger partial charge in [-0.15, -0.1) is 0 Å². The Hall–Kier alpha value is -5.68. The summed E-state index contributed by atoms with van der Waals surface area (Å²) < 4.78 is 3.37. The number of benzene rings is 4. The summed E-state index contributed by atoms with van der Waals surface area (Å²) in [4.78, 5) is 34.8. The van der Waals surface area contributed by atoms with E-state index in [0.29, 0.717) is 13.1 Å². The predicted molar refractivity (Wildman–Crippen MR) is 184 cm³/mol. The Bertz CT molecular complexity index is 2280. The summed E-state index contributed by atoms with van der Waals surface area (Å²) in [6.07, 6.45) is 3.14. The molecule has 3 heterocycles. The Morgan fingerprint density at radius 1 is 0.935 bits per heavy atom. The number of rotatable bonds is 5. The molecule has 1 aliphatic heterocycles. The van der Waals surface area contributed by atoms with Gasteiger partial charge in [-0.3, -0.25) is 18.9 Å². The summed E-state index contributed by atoms with van der Waals surface area (Å²) >= 11 is 0. The lowest BCUT2D eigenvalue weighted by molar-refractivity contribution is -0.126. The van der Waals surface area contributed by atoms with Crippen molar-refractivity contribution >= 4 is 44.3 Å². The molecule has 2 aromatic heterocycles. The zero-order valence-electron chi connectivity index (χ0n) is 26.2. The summed E-state index contributed by atoms with van der Waals surface area (Å²) in [7, 11) is 1.77. The topological polar surface area (TPSA) is 87.2 Å². The highest BCUT2D eigenvalue weighted by Gasteiger charge is 2.23. The van der Waals surface area contributed by atoms with Gasteiger partial charge in [0.25, 0.3) is 0 Å². The van der Waals surface area contributed by atoms with Gasteiger partial charge in [-0.2, -0.15) is 5.26 Å². The molecule has 0 atom stereocenters. The molecule has 1 amide bonds. The minimum Gasteiger partial charge on any atom is -0.367 e. The Morgan fingerprint density at radius 3 is 2.39 bits per heavy atom. The largest absolute Gasteiger partial charge is 0.367 e. The maximum Gasteiger partial charge on any atom is 0.333 e. The highest BCUT2D eigenvalue weighted by molar-refractivity contribution is 6.05. The molecular weight excluding hydrogens is 572 g/mol. The minimum atomic E-state index is -0.636. The van der Waals surface area contributed by atoms with E-state index in [4.69, 9.17) is 4.98 Å².